The van der Waals surface area contributed by atoms with Gasteiger partial charge in [0.1, 0.15) is 0 Å². The van der Waals surface area contributed by atoms with E-state index in [9.17, 15) is 13.2 Å². The molecule has 1 unspecified atom stereocenters. The van der Waals surface area contributed by atoms with E-state index in [2.05, 4.69) is 0 Å². The van der Waals surface area contributed by atoms with E-state index in [4.69, 9.17) is 10.2 Å². The molecule has 1 aliphatic carbocycles. The molecule has 18 heavy (non-hydrogen) atoms. The predicted molar refractivity (Wildman–Crippen MR) is 61.9 cm³/mol. The van der Waals surface area contributed by atoms with E-state index in [-0.39, 0.29) is 24.8 Å². The molecule has 0 amide bonds. The molecule has 1 saturated carbocycles. The van der Waals surface area contributed by atoms with Gasteiger partial charge in [0.05, 0.1) is 18.4 Å². The van der Waals surface area contributed by atoms with Crippen LogP contribution in [0, 0.1) is 11.8 Å². The second kappa shape index (κ2) is 5.34. The molecule has 5 heteroatoms. The van der Waals surface area contributed by atoms with Crippen molar-refractivity contribution < 1.29 is 17.6 Å². The average molecular weight is 261 g/mol. The highest BCUT2D eigenvalue weighted by molar-refractivity contribution is 5.07. The standard InChI is InChI=1S/C13H18F3NO/c14-13(15,16)11-3-1-10(2-4-11)12(17)7-9-5-6-18-8-9/h5-6,8,10-12H,1-4,7,17H2. The molecule has 1 aromatic rings. The van der Waals surface area contributed by atoms with Gasteiger partial charge in [0, 0.05) is 6.04 Å². The van der Waals surface area contributed by atoms with Gasteiger partial charge in [-0.15, -0.1) is 0 Å². The minimum Gasteiger partial charge on any atom is -0.472 e. The van der Waals surface area contributed by atoms with Crippen LogP contribution < -0.4 is 5.73 Å². The second-order valence-corrected chi connectivity index (χ2v) is 5.15. The van der Waals surface area contributed by atoms with Crippen molar-refractivity contribution in [1.29, 1.82) is 0 Å². The van der Waals surface area contributed by atoms with Gasteiger partial charge in [-0.2, -0.15) is 13.2 Å². The van der Waals surface area contributed by atoms with E-state index in [0.29, 0.717) is 19.3 Å². The summed E-state index contributed by atoms with van der Waals surface area (Å²) in [6, 6.07) is 1.78. The van der Waals surface area contributed by atoms with Crippen LogP contribution in [-0.4, -0.2) is 12.2 Å². The van der Waals surface area contributed by atoms with Gasteiger partial charge < -0.3 is 10.2 Å². The fourth-order valence-corrected chi connectivity index (χ4v) is 2.72. The molecule has 0 radical (unpaired) electrons. The lowest BCUT2D eigenvalue weighted by molar-refractivity contribution is -0.184. The highest BCUT2D eigenvalue weighted by Crippen LogP contribution is 2.40. The van der Waals surface area contributed by atoms with Crippen molar-refractivity contribution in [3.8, 4) is 0 Å². The zero-order chi connectivity index (χ0) is 13.2. The summed E-state index contributed by atoms with van der Waals surface area (Å²) in [4.78, 5) is 0. The van der Waals surface area contributed by atoms with E-state index in [1.807, 2.05) is 6.07 Å². The number of nitrogens with two attached hydrogens (primary N) is 1. The number of rotatable bonds is 3. The van der Waals surface area contributed by atoms with Crippen LogP contribution in [0.2, 0.25) is 0 Å². The molecule has 0 aromatic carbocycles. The minimum absolute atomic E-state index is 0.0724. The Hall–Kier alpha value is -0.970. The average Bonchev–Trinajstić information content (AvgIpc) is 2.81. The first-order valence-corrected chi connectivity index (χ1v) is 6.30. The second-order valence-electron chi connectivity index (χ2n) is 5.15. The molecule has 2 N–H and O–H groups in total. The molecule has 2 rings (SSSR count). The number of halogens is 3. The van der Waals surface area contributed by atoms with Crippen molar-refractivity contribution in [3.63, 3.8) is 0 Å². The third-order valence-corrected chi connectivity index (χ3v) is 3.89. The van der Waals surface area contributed by atoms with Crippen molar-refractivity contribution in [2.24, 2.45) is 17.6 Å². The Kier molecular flexibility index (Phi) is 4.00. The van der Waals surface area contributed by atoms with Crippen LogP contribution in [0.1, 0.15) is 31.2 Å². The van der Waals surface area contributed by atoms with Crippen LogP contribution in [0.3, 0.4) is 0 Å². The van der Waals surface area contributed by atoms with Gasteiger partial charge in [-0.1, -0.05) is 0 Å². The van der Waals surface area contributed by atoms with Crippen LogP contribution in [0.5, 0.6) is 0 Å². The zero-order valence-electron chi connectivity index (χ0n) is 10.1. The van der Waals surface area contributed by atoms with Gasteiger partial charge in [0.25, 0.3) is 0 Å². The Bertz CT molecular complexity index is 353. The maximum atomic E-state index is 12.5. The highest BCUT2D eigenvalue weighted by atomic mass is 19.4. The lowest BCUT2D eigenvalue weighted by Gasteiger charge is -2.32. The molecule has 1 aliphatic rings. The predicted octanol–water partition coefficient (Wildman–Crippen LogP) is 3.52. The van der Waals surface area contributed by atoms with E-state index < -0.39 is 12.1 Å². The molecule has 0 aliphatic heterocycles. The number of alkyl halides is 3. The summed E-state index contributed by atoms with van der Waals surface area (Å²) in [5.74, 6) is -0.937. The van der Waals surface area contributed by atoms with Gasteiger partial charge in [0.2, 0.25) is 0 Å². The first-order chi connectivity index (χ1) is 8.47. The van der Waals surface area contributed by atoms with E-state index in [0.717, 1.165) is 5.56 Å². The zero-order valence-corrected chi connectivity index (χ0v) is 10.1. The van der Waals surface area contributed by atoms with Crippen LogP contribution in [0.15, 0.2) is 23.0 Å². The smallest absolute Gasteiger partial charge is 0.391 e. The molecule has 1 aromatic heterocycles. The monoisotopic (exact) mass is 261 g/mol. The van der Waals surface area contributed by atoms with Gasteiger partial charge in [-0.25, -0.2) is 0 Å². The van der Waals surface area contributed by atoms with Crippen LogP contribution >= 0.6 is 0 Å². The summed E-state index contributed by atoms with van der Waals surface area (Å²) in [6.45, 7) is 0. The third-order valence-electron chi connectivity index (χ3n) is 3.89. The summed E-state index contributed by atoms with van der Waals surface area (Å²) in [7, 11) is 0. The van der Waals surface area contributed by atoms with Gasteiger partial charge in [-0.05, 0) is 49.7 Å². The largest absolute Gasteiger partial charge is 0.472 e. The Balaban J connectivity index is 1.82. The Morgan fingerprint density at radius 1 is 1.28 bits per heavy atom. The molecule has 0 bridgehead atoms. The summed E-state index contributed by atoms with van der Waals surface area (Å²) < 4.78 is 42.6. The molecule has 1 fully saturated rings. The number of furan rings is 1. The van der Waals surface area contributed by atoms with Crippen LogP contribution in [0.25, 0.3) is 0 Å². The van der Waals surface area contributed by atoms with Gasteiger partial charge in [-0.3, -0.25) is 0 Å². The highest BCUT2D eigenvalue weighted by Gasteiger charge is 2.42. The molecule has 0 spiro atoms. The van der Waals surface area contributed by atoms with Crippen molar-refractivity contribution in [2.45, 2.75) is 44.3 Å². The van der Waals surface area contributed by atoms with Crippen molar-refractivity contribution in [3.05, 3.63) is 24.2 Å². The van der Waals surface area contributed by atoms with E-state index in [1.54, 1.807) is 12.5 Å². The quantitative estimate of drug-likeness (QED) is 0.904. The number of hydrogen-bond acceptors (Lipinski definition) is 2. The Morgan fingerprint density at radius 3 is 2.44 bits per heavy atom. The lowest BCUT2D eigenvalue weighted by Crippen LogP contribution is -2.37. The molecule has 102 valence electrons. The topological polar surface area (TPSA) is 39.2 Å². The molecular formula is C13H18F3NO. The van der Waals surface area contributed by atoms with Crippen LogP contribution in [-0.2, 0) is 6.42 Å². The fraction of sp³-hybridized carbons (Fsp3) is 0.692. The van der Waals surface area contributed by atoms with Crippen molar-refractivity contribution >= 4 is 0 Å². The fourth-order valence-electron chi connectivity index (χ4n) is 2.72. The maximum Gasteiger partial charge on any atom is 0.391 e. The van der Waals surface area contributed by atoms with E-state index in [1.165, 1.54) is 0 Å². The first-order valence-electron chi connectivity index (χ1n) is 6.30. The first kappa shape index (κ1) is 13.5. The Morgan fingerprint density at radius 2 is 1.94 bits per heavy atom. The van der Waals surface area contributed by atoms with Crippen molar-refractivity contribution in [2.75, 3.05) is 0 Å². The molecule has 1 atom stereocenters. The third kappa shape index (κ3) is 3.28. The molecule has 1 heterocycles. The SMILES string of the molecule is NC(Cc1ccoc1)C1CCC(C(F)(F)F)CC1. The maximum absolute atomic E-state index is 12.5. The number of hydrogen-bond donors (Lipinski definition) is 1. The van der Waals surface area contributed by atoms with Gasteiger partial charge >= 0.3 is 6.18 Å². The Labute approximate surface area is 104 Å². The minimum atomic E-state index is -4.04. The van der Waals surface area contributed by atoms with Crippen LogP contribution in [0.4, 0.5) is 13.2 Å². The van der Waals surface area contributed by atoms with Crippen molar-refractivity contribution in [1.82, 2.24) is 0 Å². The lowest BCUT2D eigenvalue weighted by atomic mass is 9.77. The summed E-state index contributed by atoms with van der Waals surface area (Å²) in [5.41, 5.74) is 7.09. The summed E-state index contributed by atoms with van der Waals surface area (Å²) in [5, 5.41) is 0. The summed E-state index contributed by atoms with van der Waals surface area (Å²) in [6.07, 6.45) is 1.44. The normalized spacial score (nSPS) is 27.1. The van der Waals surface area contributed by atoms with Gasteiger partial charge in [0.15, 0.2) is 0 Å². The molecule has 0 saturated heterocycles. The molecule has 2 nitrogen and oxygen atoms in total. The summed E-state index contributed by atoms with van der Waals surface area (Å²) >= 11 is 0. The molecular weight excluding hydrogens is 243 g/mol. The van der Waals surface area contributed by atoms with E-state index >= 15 is 0 Å².